The van der Waals surface area contributed by atoms with Crippen molar-refractivity contribution in [2.45, 2.75) is 25.9 Å². The summed E-state index contributed by atoms with van der Waals surface area (Å²) in [6.45, 7) is 3.75. The summed E-state index contributed by atoms with van der Waals surface area (Å²) in [5, 5.41) is 6.45. The lowest BCUT2D eigenvalue weighted by molar-refractivity contribution is -0.129. The van der Waals surface area contributed by atoms with Gasteiger partial charge in [0.15, 0.2) is 11.5 Å². The molecule has 19 heavy (non-hydrogen) atoms. The van der Waals surface area contributed by atoms with Crippen LogP contribution in [0.15, 0.2) is 10.6 Å². The SMILES string of the molecule is CCC1C(=O)NCCN1Cc1cc(C(=O)NN)no1. The number of carbonyl (C=O) groups is 2. The molecule has 0 saturated carbocycles. The molecule has 1 aliphatic rings. The molecule has 1 atom stereocenters. The van der Waals surface area contributed by atoms with Crippen molar-refractivity contribution in [3.63, 3.8) is 0 Å². The van der Waals surface area contributed by atoms with Gasteiger partial charge in [-0.15, -0.1) is 0 Å². The summed E-state index contributed by atoms with van der Waals surface area (Å²) in [5.74, 6) is 5.07. The van der Waals surface area contributed by atoms with Crippen LogP contribution in [-0.4, -0.2) is 41.0 Å². The summed E-state index contributed by atoms with van der Waals surface area (Å²) in [7, 11) is 0. The Bertz CT molecular complexity index is 473. The number of hydrazine groups is 1. The van der Waals surface area contributed by atoms with E-state index in [1.165, 1.54) is 6.07 Å². The summed E-state index contributed by atoms with van der Waals surface area (Å²) >= 11 is 0. The van der Waals surface area contributed by atoms with E-state index >= 15 is 0 Å². The van der Waals surface area contributed by atoms with E-state index in [9.17, 15) is 9.59 Å². The van der Waals surface area contributed by atoms with E-state index in [2.05, 4.69) is 10.5 Å². The summed E-state index contributed by atoms with van der Waals surface area (Å²) in [4.78, 5) is 25.0. The standard InChI is InChI=1S/C11H17N5O3/c1-2-9-11(18)13-3-4-16(9)6-7-5-8(15-19-7)10(17)14-12/h5,9H,2-4,6,12H2,1H3,(H,13,18)(H,14,17). The molecule has 4 N–H and O–H groups in total. The first kappa shape index (κ1) is 13.5. The summed E-state index contributed by atoms with van der Waals surface area (Å²) < 4.78 is 5.08. The van der Waals surface area contributed by atoms with Gasteiger partial charge in [0.1, 0.15) is 0 Å². The molecular formula is C11H17N5O3. The van der Waals surface area contributed by atoms with Gasteiger partial charge in [0.2, 0.25) is 5.91 Å². The third-order valence-electron chi connectivity index (χ3n) is 3.11. The minimum atomic E-state index is -0.501. The Balaban J connectivity index is 2.05. The summed E-state index contributed by atoms with van der Waals surface area (Å²) in [6.07, 6.45) is 0.718. The molecule has 1 aliphatic heterocycles. The number of nitrogens with two attached hydrogens (primary N) is 1. The lowest BCUT2D eigenvalue weighted by Crippen LogP contribution is -2.54. The molecule has 1 aromatic heterocycles. The molecule has 1 aromatic rings. The minimum absolute atomic E-state index is 0.0215. The third-order valence-corrected chi connectivity index (χ3v) is 3.11. The highest BCUT2D eigenvalue weighted by molar-refractivity contribution is 5.91. The van der Waals surface area contributed by atoms with Crippen molar-refractivity contribution >= 4 is 11.8 Å². The molecule has 0 radical (unpaired) electrons. The van der Waals surface area contributed by atoms with Crippen molar-refractivity contribution in [2.75, 3.05) is 13.1 Å². The van der Waals surface area contributed by atoms with Gasteiger partial charge >= 0.3 is 0 Å². The number of carbonyl (C=O) groups excluding carboxylic acids is 2. The van der Waals surface area contributed by atoms with Gasteiger partial charge in [0, 0.05) is 19.2 Å². The zero-order chi connectivity index (χ0) is 13.8. The number of nitrogens with one attached hydrogen (secondary N) is 2. The first-order valence-corrected chi connectivity index (χ1v) is 6.14. The van der Waals surface area contributed by atoms with Crippen LogP contribution in [0.5, 0.6) is 0 Å². The summed E-state index contributed by atoms with van der Waals surface area (Å²) in [5.41, 5.74) is 2.12. The molecule has 0 bridgehead atoms. The van der Waals surface area contributed by atoms with Crippen molar-refractivity contribution in [2.24, 2.45) is 5.84 Å². The fourth-order valence-corrected chi connectivity index (χ4v) is 2.16. The highest BCUT2D eigenvalue weighted by Crippen LogP contribution is 2.14. The smallest absolute Gasteiger partial charge is 0.287 e. The molecule has 2 amide bonds. The lowest BCUT2D eigenvalue weighted by atomic mass is 10.1. The van der Waals surface area contributed by atoms with Crippen LogP contribution in [-0.2, 0) is 11.3 Å². The van der Waals surface area contributed by atoms with Crippen LogP contribution >= 0.6 is 0 Å². The molecular weight excluding hydrogens is 250 g/mol. The fraction of sp³-hybridized carbons (Fsp3) is 0.545. The number of piperazine rings is 1. The second-order valence-electron chi connectivity index (χ2n) is 4.34. The molecule has 2 rings (SSSR count). The molecule has 8 nitrogen and oxygen atoms in total. The van der Waals surface area contributed by atoms with Gasteiger partial charge in [0.05, 0.1) is 12.6 Å². The van der Waals surface area contributed by atoms with Gasteiger partial charge in [-0.1, -0.05) is 12.1 Å². The zero-order valence-corrected chi connectivity index (χ0v) is 10.7. The van der Waals surface area contributed by atoms with Gasteiger partial charge in [0.25, 0.3) is 5.91 Å². The van der Waals surface area contributed by atoms with Crippen LogP contribution in [0.25, 0.3) is 0 Å². The van der Waals surface area contributed by atoms with Crippen LogP contribution in [0.4, 0.5) is 0 Å². The van der Waals surface area contributed by atoms with Gasteiger partial charge < -0.3 is 9.84 Å². The second-order valence-corrected chi connectivity index (χ2v) is 4.34. The first-order chi connectivity index (χ1) is 9.15. The average molecular weight is 267 g/mol. The average Bonchev–Trinajstić information content (AvgIpc) is 2.87. The van der Waals surface area contributed by atoms with E-state index in [0.29, 0.717) is 18.8 Å². The Labute approximate surface area is 110 Å². The minimum Gasteiger partial charge on any atom is -0.359 e. The monoisotopic (exact) mass is 267 g/mol. The Kier molecular flexibility index (Phi) is 4.13. The van der Waals surface area contributed by atoms with E-state index < -0.39 is 5.91 Å². The van der Waals surface area contributed by atoms with Crippen molar-refractivity contribution in [3.05, 3.63) is 17.5 Å². The largest absolute Gasteiger partial charge is 0.359 e. The number of nitrogens with zero attached hydrogens (tertiary/aromatic N) is 2. The van der Waals surface area contributed by atoms with Crippen molar-refractivity contribution in [1.29, 1.82) is 0 Å². The first-order valence-electron chi connectivity index (χ1n) is 6.14. The fourth-order valence-electron chi connectivity index (χ4n) is 2.16. The molecule has 2 heterocycles. The number of rotatable bonds is 4. The van der Waals surface area contributed by atoms with Gasteiger partial charge in [-0.3, -0.25) is 19.9 Å². The highest BCUT2D eigenvalue weighted by Gasteiger charge is 2.28. The van der Waals surface area contributed by atoms with Crippen LogP contribution in [0.3, 0.4) is 0 Å². The van der Waals surface area contributed by atoms with Crippen molar-refractivity contribution in [1.82, 2.24) is 20.8 Å². The topological polar surface area (TPSA) is 113 Å². The maximum absolute atomic E-state index is 11.7. The highest BCUT2D eigenvalue weighted by atomic mass is 16.5. The van der Waals surface area contributed by atoms with E-state index in [0.717, 1.165) is 13.0 Å². The van der Waals surface area contributed by atoms with Crippen LogP contribution < -0.4 is 16.6 Å². The Hall–Kier alpha value is -1.93. The molecule has 0 aliphatic carbocycles. The van der Waals surface area contributed by atoms with E-state index in [1.807, 2.05) is 17.2 Å². The van der Waals surface area contributed by atoms with Crippen LogP contribution in [0.2, 0.25) is 0 Å². The molecule has 104 valence electrons. The Morgan fingerprint density at radius 3 is 3.21 bits per heavy atom. The summed E-state index contributed by atoms with van der Waals surface area (Å²) in [6, 6.07) is 1.35. The van der Waals surface area contributed by atoms with Crippen LogP contribution in [0, 0.1) is 0 Å². The number of amides is 2. The number of hydrogen-bond donors (Lipinski definition) is 3. The van der Waals surface area contributed by atoms with Gasteiger partial charge in [-0.05, 0) is 6.42 Å². The van der Waals surface area contributed by atoms with Gasteiger partial charge in [-0.2, -0.15) is 0 Å². The maximum atomic E-state index is 11.7. The third kappa shape index (κ3) is 2.91. The number of hydrogen-bond acceptors (Lipinski definition) is 6. The Morgan fingerprint density at radius 2 is 2.53 bits per heavy atom. The van der Waals surface area contributed by atoms with E-state index in [4.69, 9.17) is 10.4 Å². The molecule has 0 spiro atoms. The van der Waals surface area contributed by atoms with Crippen molar-refractivity contribution < 1.29 is 14.1 Å². The molecule has 0 aromatic carbocycles. The predicted molar refractivity (Wildman–Crippen MR) is 65.7 cm³/mol. The second kappa shape index (κ2) is 5.81. The predicted octanol–water partition coefficient (Wildman–Crippen LogP) is -1.01. The van der Waals surface area contributed by atoms with Crippen LogP contribution in [0.1, 0.15) is 29.6 Å². The quantitative estimate of drug-likeness (QED) is 0.366. The van der Waals surface area contributed by atoms with E-state index in [1.54, 1.807) is 0 Å². The van der Waals surface area contributed by atoms with Crippen molar-refractivity contribution in [3.8, 4) is 0 Å². The molecule has 8 heteroatoms. The zero-order valence-electron chi connectivity index (χ0n) is 10.7. The Morgan fingerprint density at radius 1 is 1.74 bits per heavy atom. The molecule has 1 unspecified atom stereocenters. The molecule has 1 fully saturated rings. The number of aromatic nitrogens is 1. The molecule has 1 saturated heterocycles. The lowest BCUT2D eigenvalue weighted by Gasteiger charge is -2.33. The number of nitrogen functional groups attached to an aromatic ring is 1. The normalized spacial score (nSPS) is 20.1. The van der Waals surface area contributed by atoms with Gasteiger partial charge in [-0.25, -0.2) is 5.84 Å². The maximum Gasteiger partial charge on any atom is 0.287 e. The van der Waals surface area contributed by atoms with E-state index in [-0.39, 0.29) is 17.6 Å².